The number of hydrogen-bond acceptors (Lipinski definition) is 9. The highest BCUT2D eigenvalue weighted by molar-refractivity contribution is 7.52. The molecule has 12 heteroatoms. The SMILES string of the molecule is COC[C@H](Cn1cnc2c(N)nc(N)nc21)OCP(=O)(O)OCc1ccccc1. The van der Waals surface area contributed by atoms with E-state index >= 15 is 0 Å². The number of nitrogens with two attached hydrogens (primary N) is 2. The molecule has 1 unspecified atom stereocenters. The molecular weight excluding hydrogens is 399 g/mol. The summed E-state index contributed by atoms with van der Waals surface area (Å²) in [6.45, 7) is 0.432. The molecule has 1 aromatic carbocycles. The van der Waals surface area contributed by atoms with Crippen LogP contribution >= 0.6 is 7.60 Å². The van der Waals surface area contributed by atoms with Crippen LogP contribution in [0.5, 0.6) is 0 Å². The number of hydrogen-bond donors (Lipinski definition) is 3. The third kappa shape index (κ3) is 5.72. The van der Waals surface area contributed by atoms with Crippen molar-refractivity contribution in [3.8, 4) is 0 Å². The van der Waals surface area contributed by atoms with Crippen molar-refractivity contribution in [2.24, 2.45) is 0 Å². The maximum Gasteiger partial charge on any atom is 0.353 e. The number of methoxy groups -OCH3 is 1. The summed E-state index contributed by atoms with van der Waals surface area (Å²) in [6.07, 6.45) is 0.473. The van der Waals surface area contributed by atoms with Crippen LogP contribution in [0.1, 0.15) is 5.56 Å². The minimum Gasteiger partial charge on any atom is -0.382 e. The summed E-state index contributed by atoms with van der Waals surface area (Å²) >= 11 is 0. The second-order valence-corrected chi connectivity index (χ2v) is 8.10. The van der Waals surface area contributed by atoms with E-state index in [0.29, 0.717) is 11.2 Å². The van der Waals surface area contributed by atoms with Gasteiger partial charge in [0.2, 0.25) is 5.95 Å². The number of benzene rings is 1. The second-order valence-electron chi connectivity index (χ2n) is 6.31. The zero-order valence-electron chi connectivity index (χ0n) is 15.8. The number of fused-ring (bicyclic) bond motifs is 1. The lowest BCUT2D eigenvalue weighted by atomic mass is 10.2. The molecule has 2 heterocycles. The highest BCUT2D eigenvalue weighted by Crippen LogP contribution is 2.43. The molecule has 0 radical (unpaired) electrons. The first-order valence-corrected chi connectivity index (χ1v) is 10.5. The third-order valence-electron chi connectivity index (χ3n) is 4.01. The maximum atomic E-state index is 12.3. The monoisotopic (exact) mass is 422 g/mol. The zero-order valence-corrected chi connectivity index (χ0v) is 16.7. The van der Waals surface area contributed by atoms with E-state index in [1.165, 1.54) is 13.4 Å². The van der Waals surface area contributed by atoms with Gasteiger partial charge in [0.25, 0.3) is 0 Å². The molecule has 0 aliphatic rings. The smallest absolute Gasteiger partial charge is 0.353 e. The van der Waals surface area contributed by atoms with Crippen molar-refractivity contribution < 1.29 is 23.5 Å². The molecule has 2 aromatic heterocycles. The average Bonchev–Trinajstić information content (AvgIpc) is 3.09. The van der Waals surface area contributed by atoms with Crippen LogP contribution in [0.3, 0.4) is 0 Å². The van der Waals surface area contributed by atoms with Crippen molar-refractivity contribution in [3.63, 3.8) is 0 Å². The van der Waals surface area contributed by atoms with Crippen LogP contribution in [0.15, 0.2) is 36.7 Å². The Hall–Kier alpha value is -2.56. The summed E-state index contributed by atoms with van der Waals surface area (Å²) in [7, 11) is -2.45. The maximum absolute atomic E-state index is 12.3. The molecule has 0 bridgehead atoms. The minimum absolute atomic E-state index is 0.00849. The molecule has 0 amide bonds. The van der Waals surface area contributed by atoms with Crippen molar-refractivity contribution in [1.29, 1.82) is 0 Å². The standard InChI is InChI=1S/C17H23N6O5P/c1-26-9-13(7-23-10-20-14-15(18)21-17(19)22-16(14)23)27-11-29(24,25)28-8-12-5-3-2-4-6-12/h2-6,10,13H,7-9,11H2,1H3,(H,24,25)(H4,18,19,21,22)/t13-/m0/s1. The van der Waals surface area contributed by atoms with E-state index in [4.69, 9.17) is 25.5 Å². The Bertz CT molecular complexity index is 999. The van der Waals surface area contributed by atoms with Crippen LogP contribution in [-0.2, 0) is 31.7 Å². The topological polar surface area (TPSA) is 161 Å². The molecular formula is C17H23N6O5P. The molecule has 3 rings (SSSR count). The Balaban J connectivity index is 1.63. The Morgan fingerprint density at radius 2 is 2.00 bits per heavy atom. The van der Waals surface area contributed by atoms with Gasteiger partial charge in [-0.05, 0) is 5.56 Å². The van der Waals surface area contributed by atoms with Gasteiger partial charge in [-0.1, -0.05) is 30.3 Å². The van der Waals surface area contributed by atoms with Gasteiger partial charge >= 0.3 is 7.60 Å². The fourth-order valence-electron chi connectivity index (χ4n) is 2.66. The van der Waals surface area contributed by atoms with Crippen molar-refractivity contribution in [2.45, 2.75) is 19.3 Å². The molecule has 5 N–H and O–H groups in total. The summed E-state index contributed by atoms with van der Waals surface area (Å²) in [6, 6.07) is 9.11. The van der Waals surface area contributed by atoms with Crippen molar-refractivity contribution in [2.75, 3.05) is 31.5 Å². The third-order valence-corrected chi connectivity index (χ3v) is 5.02. The lowest BCUT2D eigenvalue weighted by Crippen LogP contribution is -2.26. The molecule has 11 nitrogen and oxygen atoms in total. The Kier molecular flexibility index (Phi) is 6.78. The summed E-state index contributed by atoms with van der Waals surface area (Å²) in [5.41, 5.74) is 13.1. The summed E-state index contributed by atoms with van der Waals surface area (Å²) < 4.78 is 29.9. The van der Waals surface area contributed by atoms with E-state index in [0.717, 1.165) is 5.56 Å². The number of nitrogens with zero attached hydrogens (tertiary/aromatic N) is 4. The number of anilines is 2. The van der Waals surface area contributed by atoms with Gasteiger partial charge in [0.05, 0.1) is 32.2 Å². The first-order chi connectivity index (χ1) is 13.9. The molecule has 0 aliphatic heterocycles. The summed E-state index contributed by atoms with van der Waals surface area (Å²) in [4.78, 5) is 22.2. The quantitative estimate of drug-likeness (QED) is 0.407. The van der Waals surface area contributed by atoms with Gasteiger partial charge < -0.3 is 34.9 Å². The predicted octanol–water partition coefficient (Wildman–Crippen LogP) is 1.38. The fourth-order valence-corrected chi connectivity index (χ4v) is 3.49. The summed E-state index contributed by atoms with van der Waals surface area (Å²) in [5.74, 6) is 0.194. The first kappa shape index (κ1) is 21.2. The van der Waals surface area contributed by atoms with E-state index < -0.39 is 20.0 Å². The fraction of sp³-hybridized carbons (Fsp3) is 0.353. The number of rotatable bonds is 10. The minimum atomic E-state index is -3.96. The predicted molar refractivity (Wildman–Crippen MR) is 107 cm³/mol. The van der Waals surface area contributed by atoms with Crippen LogP contribution in [0.2, 0.25) is 0 Å². The molecule has 0 spiro atoms. The van der Waals surface area contributed by atoms with Gasteiger partial charge in [-0.2, -0.15) is 9.97 Å². The van der Waals surface area contributed by atoms with Gasteiger partial charge in [0, 0.05) is 7.11 Å². The van der Waals surface area contributed by atoms with Gasteiger partial charge in [0.15, 0.2) is 11.5 Å². The van der Waals surface area contributed by atoms with Gasteiger partial charge in [-0.3, -0.25) is 4.57 Å². The van der Waals surface area contributed by atoms with E-state index in [-0.39, 0.29) is 31.5 Å². The molecule has 2 atom stereocenters. The molecule has 29 heavy (non-hydrogen) atoms. The molecule has 156 valence electrons. The number of imidazole rings is 1. The molecule has 0 aliphatic carbocycles. The molecule has 3 aromatic rings. The number of nitrogen functional groups attached to an aromatic ring is 2. The van der Waals surface area contributed by atoms with Crippen LogP contribution in [0, 0.1) is 0 Å². The van der Waals surface area contributed by atoms with Crippen molar-refractivity contribution >= 4 is 30.5 Å². The van der Waals surface area contributed by atoms with Crippen LogP contribution < -0.4 is 11.5 Å². The largest absolute Gasteiger partial charge is 0.382 e. The van der Waals surface area contributed by atoms with E-state index in [9.17, 15) is 9.46 Å². The van der Waals surface area contributed by atoms with Crippen LogP contribution in [0.4, 0.5) is 11.8 Å². The first-order valence-electron chi connectivity index (χ1n) is 8.72. The lowest BCUT2D eigenvalue weighted by Gasteiger charge is -2.20. The Morgan fingerprint density at radius 1 is 1.24 bits per heavy atom. The van der Waals surface area contributed by atoms with Gasteiger partial charge in [0.1, 0.15) is 11.9 Å². The van der Waals surface area contributed by atoms with Crippen LogP contribution in [0.25, 0.3) is 11.2 Å². The van der Waals surface area contributed by atoms with E-state index in [2.05, 4.69) is 15.0 Å². The van der Waals surface area contributed by atoms with E-state index in [1.807, 2.05) is 18.2 Å². The van der Waals surface area contributed by atoms with Crippen LogP contribution in [-0.4, -0.2) is 50.6 Å². The van der Waals surface area contributed by atoms with Gasteiger partial charge in [-0.15, -0.1) is 0 Å². The highest BCUT2D eigenvalue weighted by atomic mass is 31.2. The van der Waals surface area contributed by atoms with Crippen molar-refractivity contribution in [3.05, 3.63) is 42.2 Å². The number of ether oxygens (including phenoxy) is 2. The average molecular weight is 422 g/mol. The van der Waals surface area contributed by atoms with Crippen molar-refractivity contribution in [1.82, 2.24) is 19.5 Å². The highest BCUT2D eigenvalue weighted by Gasteiger charge is 2.24. The Morgan fingerprint density at radius 3 is 2.72 bits per heavy atom. The lowest BCUT2D eigenvalue weighted by molar-refractivity contribution is 0.00222. The van der Waals surface area contributed by atoms with E-state index in [1.54, 1.807) is 16.7 Å². The number of aromatic nitrogens is 4. The zero-order chi connectivity index (χ0) is 20.9. The molecule has 0 saturated carbocycles. The van der Waals surface area contributed by atoms with Gasteiger partial charge in [-0.25, -0.2) is 4.98 Å². The molecule has 0 saturated heterocycles. The Labute approximate surface area is 167 Å². The normalized spacial score (nSPS) is 14.7. The second kappa shape index (κ2) is 9.29. The summed E-state index contributed by atoms with van der Waals surface area (Å²) in [5, 5.41) is 0. The molecule has 0 fully saturated rings.